The van der Waals surface area contributed by atoms with Gasteiger partial charge in [0.25, 0.3) is 0 Å². The van der Waals surface area contributed by atoms with Crippen LogP contribution in [-0.4, -0.2) is 25.1 Å². The standard InChI is InChI=1S/C18H26O3/c1-17(2)20-13-18(14-21-17)10-8-16(9-11-18)19-12-15-6-4-3-5-7-15/h3-7,16H,8-14H2,1-2H3. The fourth-order valence-electron chi connectivity index (χ4n) is 3.18. The Morgan fingerprint density at radius 1 is 1.05 bits per heavy atom. The van der Waals surface area contributed by atoms with Gasteiger partial charge in [-0.05, 0) is 45.1 Å². The predicted octanol–water partition coefficient (Wildman–Crippen LogP) is 3.92. The highest BCUT2D eigenvalue weighted by molar-refractivity contribution is 5.13. The Balaban J connectivity index is 1.45. The van der Waals surface area contributed by atoms with Gasteiger partial charge in [-0.2, -0.15) is 0 Å². The van der Waals surface area contributed by atoms with Crippen molar-refractivity contribution in [3.63, 3.8) is 0 Å². The lowest BCUT2D eigenvalue weighted by Gasteiger charge is -2.46. The summed E-state index contributed by atoms with van der Waals surface area (Å²) in [5, 5.41) is 0. The van der Waals surface area contributed by atoms with Crippen molar-refractivity contribution in [3.8, 4) is 0 Å². The van der Waals surface area contributed by atoms with Gasteiger partial charge in [0.2, 0.25) is 0 Å². The number of hydrogen-bond acceptors (Lipinski definition) is 3. The second kappa shape index (κ2) is 6.07. The first-order chi connectivity index (χ1) is 10.1. The summed E-state index contributed by atoms with van der Waals surface area (Å²) >= 11 is 0. The Hall–Kier alpha value is -0.900. The largest absolute Gasteiger partial charge is 0.374 e. The van der Waals surface area contributed by atoms with Crippen molar-refractivity contribution < 1.29 is 14.2 Å². The summed E-state index contributed by atoms with van der Waals surface area (Å²) in [5.74, 6) is -0.411. The number of benzene rings is 1. The Bertz CT molecular complexity index is 435. The molecule has 0 unspecified atom stereocenters. The molecule has 1 aliphatic heterocycles. The van der Waals surface area contributed by atoms with Gasteiger partial charge in [0, 0.05) is 5.41 Å². The van der Waals surface area contributed by atoms with E-state index in [4.69, 9.17) is 14.2 Å². The number of rotatable bonds is 3. The molecule has 1 aliphatic carbocycles. The number of ether oxygens (including phenoxy) is 3. The van der Waals surface area contributed by atoms with Gasteiger partial charge in [-0.1, -0.05) is 30.3 Å². The third-order valence-corrected chi connectivity index (χ3v) is 4.77. The SMILES string of the molecule is CC1(C)OCC2(CCC(OCc3ccccc3)CC2)CO1. The van der Waals surface area contributed by atoms with Crippen LogP contribution in [0, 0.1) is 5.41 Å². The molecule has 0 bridgehead atoms. The Kier molecular flexibility index (Phi) is 4.34. The first kappa shape index (κ1) is 15.0. The lowest BCUT2D eigenvalue weighted by atomic mass is 9.73. The maximum absolute atomic E-state index is 6.06. The molecule has 1 aromatic rings. The van der Waals surface area contributed by atoms with Crippen LogP contribution in [-0.2, 0) is 20.8 Å². The van der Waals surface area contributed by atoms with Crippen molar-refractivity contribution in [1.82, 2.24) is 0 Å². The minimum atomic E-state index is -0.411. The highest BCUT2D eigenvalue weighted by Gasteiger charge is 2.42. The van der Waals surface area contributed by atoms with E-state index in [1.54, 1.807) is 0 Å². The van der Waals surface area contributed by atoms with Crippen molar-refractivity contribution in [2.24, 2.45) is 5.41 Å². The molecule has 0 atom stereocenters. The number of hydrogen-bond donors (Lipinski definition) is 0. The summed E-state index contributed by atoms with van der Waals surface area (Å²) in [4.78, 5) is 0. The molecule has 116 valence electrons. The minimum Gasteiger partial charge on any atom is -0.374 e. The minimum absolute atomic E-state index is 0.224. The molecule has 1 saturated carbocycles. The van der Waals surface area contributed by atoms with E-state index in [2.05, 4.69) is 24.3 Å². The van der Waals surface area contributed by atoms with Crippen molar-refractivity contribution in [2.75, 3.05) is 13.2 Å². The van der Waals surface area contributed by atoms with Crippen LogP contribution >= 0.6 is 0 Å². The van der Waals surface area contributed by atoms with E-state index >= 15 is 0 Å². The summed E-state index contributed by atoms with van der Waals surface area (Å²) < 4.78 is 17.8. The molecule has 3 nitrogen and oxygen atoms in total. The van der Waals surface area contributed by atoms with E-state index in [-0.39, 0.29) is 5.41 Å². The average Bonchev–Trinajstić information content (AvgIpc) is 2.51. The highest BCUT2D eigenvalue weighted by Crippen LogP contribution is 2.42. The zero-order valence-electron chi connectivity index (χ0n) is 13.1. The van der Waals surface area contributed by atoms with Gasteiger partial charge in [-0.15, -0.1) is 0 Å². The molecule has 0 aromatic heterocycles. The lowest BCUT2D eigenvalue weighted by molar-refractivity contribution is -0.292. The summed E-state index contributed by atoms with van der Waals surface area (Å²) in [6.45, 7) is 6.36. The zero-order chi connectivity index (χ0) is 14.8. The highest BCUT2D eigenvalue weighted by atomic mass is 16.7. The van der Waals surface area contributed by atoms with Crippen LogP contribution in [0.15, 0.2) is 30.3 Å². The van der Waals surface area contributed by atoms with Gasteiger partial charge >= 0.3 is 0 Å². The molecule has 21 heavy (non-hydrogen) atoms. The maximum atomic E-state index is 6.06. The van der Waals surface area contributed by atoms with Crippen LogP contribution in [0.2, 0.25) is 0 Å². The van der Waals surface area contributed by atoms with Gasteiger partial charge in [0.15, 0.2) is 5.79 Å². The van der Waals surface area contributed by atoms with E-state index in [1.165, 1.54) is 5.56 Å². The molecule has 1 heterocycles. The van der Waals surface area contributed by atoms with Crippen molar-refractivity contribution in [3.05, 3.63) is 35.9 Å². The zero-order valence-corrected chi connectivity index (χ0v) is 13.1. The van der Waals surface area contributed by atoms with Crippen LogP contribution < -0.4 is 0 Å². The molecule has 3 rings (SSSR count). The molecular formula is C18H26O3. The van der Waals surface area contributed by atoms with Crippen LogP contribution in [0.4, 0.5) is 0 Å². The third-order valence-electron chi connectivity index (χ3n) is 4.77. The monoisotopic (exact) mass is 290 g/mol. The Labute approximate surface area is 127 Å². The molecule has 2 aliphatic rings. The topological polar surface area (TPSA) is 27.7 Å². The molecular weight excluding hydrogens is 264 g/mol. The average molecular weight is 290 g/mol. The first-order valence-electron chi connectivity index (χ1n) is 8.00. The summed E-state index contributed by atoms with van der Waals surface area (Å²) in [6, 6.07) is 10.4. The van der Waals surface area contributed by atoms with E-state index in [9.17, 15) is 0 Å². The quantitative estimate of drug-likeness (QED) is 0.844. The summed E-state index contributed by atoms with van der Waals surface area (Å²) in [6.07, 6.45) is 4.89. The maximum Gasteiger partial charge on any atom is 0.162 e. The van der Waals surface area contributed by atoms with Crippen molar-refractivity contribution in [1.29, 1.82) is 0 Å². The molecule has 0 N–H and O–H groups in total. The van der Waals surface area contributed by atoms with Gasteiger partial charge in [-0.25, -0.2) is 0 Å². The van der Waals surface area contributed by atoms with Crippen LogP contribution in [0.1, 0.15) is 45.1 Å². The van der Waals surface area contributed by atoms with Gasteiger partial charge in [0.05, 0.1) is 25.9 Å². The fraction of sp³-hybridized carbons (Fsp3) is 0.667. The van der Waals surface area contributed by atoms with Gasteiger partial charge < -0.3 is 14.2 Å². The van der Waals surface area contributed by atoms with Crippen LogP contribution in [0.3, 0.4) is 0 Å². The van der Waals surface area contributed by atoms with E-state index in [1.807, 2.05) is 19.9 Å². The van der Waals surface area contributed by atoms with E-state index < -0.39 is 5.79 Å². The van der Waals surface area contributed by atoms with Crippen molar-refractivity contribution in [2.45, 2.75) is 58.0 Å². The molecule has 3 heteroatoms. The Morgan fingerprint density at radius 2 is 1.67 bits per heavy atom. The third kappa shape index (κ3) is 3.85. The molecule has 1 aromatic carbocycles. The molecule has 0 amide bonds. The molecule has 1 saturated heterocycles. The van der Waals surface area contributed by atoms with Crippen LogP contribution in [0.5, 0.6) is 0 Å². The molecule has 2 fully saturated rings. The van der Waals surface area contributed by atoms with Gasteiger partial charge in [-0.3, -0.25) is 0 Å². The smallest absolute Gasteiger partial charge is 0.162 e. The molecule has 0 radical (unpaired) electrons. The van der Waals surface area contributed by atoms with Crippen LogP contribution in [0.25, 0.3) is 0 Å². The normalized spacial score (nSPS) is 25.0. The van der Waals surface area contributed by atoms with Gasteiger partial charge in [0.1, 0.15) is 0 Å². The van der Waals surface area contributed by atoms with E-state index in [0.717, 1.165) is 45.5 Å². The fourth-order valence-corrected chi connectivity index (χ4v) is 3.18. The Morgan fingerprint density at radius 3 is 2.29 bits per heavy atom. The second-order valence-corrected chi connectivity index (χ2v) is 6.97. The summed E-state index contributed by atoms with van der Waals surface area (Å²) in [5.41, 5.74) is 1.48. The summed E-state index contributed by atoms with van der Waals surface area (Å²) in [7, 11) is 0. The lowest BCUT2D eigenvalue weighted by Crippen LogP contribution is -2.48. The predicted molar refractivity (Wildman–Crippen MR) is 81.9 cm³/mol. The first-order valence-corrected chi connectivity index (χ1v) is 8.00. The van der Waals surface area contributed by atoms with Crippen molar-refractivity contribution >= 4 is 0 Å². The van der Waals surface area contributed by atoms with E-state index in [0.29, 0.717) is 6.10 Å². The molecule has 1 spiro atoms. The second-order valence-electron chi connectivity index (χ2n) is 6.97.